The Balaban J connectivity index is 1.89. The van der Waals surface area contributed by atoms with Gasteiger partial charge in [-0.15, -0.1) is 0 Å². The summed E-state index contributed by atoms with van der Waals surface area (Å²) in [6.07, 6.45) is 2.80. The molecule has 1 fully saturated rings. The third-order valence-corrected chi connectivity index (χ3v) is 4.22. The predicted octanol–water partition coefficient (Wildman–Crippen LogP) is 2.16. The third-order valence-electron chi connectivity index (χ3n) is 4.22. The number of carbonyl (C=O) groups excluding carboxylic acids is 2. The van der Waals surface area contributed by atoms with E-state index in [1.807, 2.05) is 0 Å². The summed E-state index contributed by atoms with van der Waals surface area (Å²) >= 11 is 0. The molecule has 1 aliphatic rings. The summed E-state index contributed by atoms with van der Waals surface area (Å²) in [6, 6.07) is 6.64. The van der Waals surface area contributed by atoms with Crippen LogP contribution in [0.5, 0.6) is 5.75 Å². The molecule has 0 aliphatic carbocycles. The molecule has 0 spiro atoms. The molecule has 9 heteroatoms. The highest BCUT2D eigenvalue weighted by molar-refractivity contribution is 5.79. The number of amides is 1. The third kappa shape index (κ3) is 7.03. The molecule has 1 heterocycles. The number of ether oxygens (including phenoxy) is 2. The van der Waals surface area contributed by atoms with Gasteiger partial charge in [-0.05, 0) is 57.7 Å². The van der Waals surface area contributed by atoms with E-state index in [1.165, 1.54) is 11.1 Å². The van der Waals surface area contributed by atoms with Crippen molar-refractivity contribution in [3.8, 4) is 5.75 Å². The second-order valence-corrected chi connectivity index (χ2v) is 7.87. The van der Waals surface area contributed by atoms with Crippen LogP contribution < -0.4 is 10.5 Å². The first-order valence-corrected chi connectivity index (χ1v) is 9.49. The molecule has 0 saturated carbocycles. The summed E-state index contributed by atoms with van der Waals surface area (Å²) in [6.45, 7) is 5.35. The number of nitrogens with zero attached hydrogens (tertiary/aromatic N) is 2. The zero-order chi connectivity index (χ0) is 21.5. The number of carbonyl (C=O) groups is 2. The van der Waals surface area contributed by atoms with Crippen molar-refractivity contribution >= 4 is 18.3 Å². The van der Waals surface area contributed by atoms with Crippen molar-refractivity contribution in [2.24, 2.45) is 10.9 Å². The van der Waals surface area contributed by atoms with Gasteiger partial charge in [0.1, 0.15) is 17.0 Å². The van der Waals surface area contributed by atoms with Crippen LogP contribution in [0.3, 0.4) is 0 Å². The first-order chi connectivity index (χ1) is 13.6. The Bertz CT molecular complexity index is 729. The number of hydrogen-bond donors (Lipinski definition) is 2. The van der Waals surface area contributed by atoms with E-state index in [4.69, 9.17) is 25.2 Å². The largest absolute Gasteiger partial charge is 0.482 e. The summed E-state index contributed by atoms with van der Waals surface area (Å²) in [5, 5.41) is 12.7. The van der Waals surface area contributed by atoms with Gasteiger partial charge in [-0.1, -0.05) is 17.3 Å². The molecule has 1 saturated heterocycles. The number of piperidine rings is 1. The second-order valence-electron chi connectivity index (χ2n) is 7.87. The first kappa shape index (κ1) is 22.6. The fourth-order valence-corrected chi connectivity index (χ4v) is 2.77. The van der Waals surface area contributed by atoms with Crippen LogP contribution in [-0.4, -0.2) is 52.7 Å². The molecule has 1 amide bonds. The Hall–Kier alpha value is -2.65. The molecule has 9 nitrogen and oxygen atoms in total. The topological polar surface area (TPSA) is 124 Å². The van der Waals surface area contributed by atoms with Crippen LogP contribution in [0.4, 0.5) is 4.79 Å². The zero-order valence-corrected chi connectivity index (χ0v) is 17.1. The quantitative estimate of drug-likeness (QED) is 0.421. The van der Waals surface area contributed by atoms with E-state index in [0.29, 0.717) is 18.7 Å². The Morgan fingerprint density at radius 1 is 1.28 bits per heavy atom. The van der Waals surface area contributed by atoms with Gasteiger partial charge in [-0.25, -0.2) is 9.59 Å². The highest BCUT2D eigenvalue weighted by Gasteiger charge is 2.39. The highest BCUT2D eigenvalue weighted by atomic mass is 16.7. The number of hydrogen-bond acceptors (Lipinski definition) is 8. The fourth-order valence-electron chi connectivity index (χ4n) is 2.77. The van der Waals surface area contributed by atoms with Gasteiger partial charge in [0.05, 0.1) is 12.8 Å². The average Bonchev–Trinajstić information content (AvgIpc) is 2.65. The predicted molar refractivity (Wildman–Crippen MR) is 106 cm³/mol. The molecular formula is C20H29N3O6. The zero-order valence-electron chi connectivity index (χ0n) is 17.1. The van der Waals surface area contributed by atoms with Crippen LogP contribution >= 0.6 is 0 Å². The lowest BCUT2D eigenvalue weighted by Crippen LogP contribution is -2.62. The Morgan fingerprint density at radius 2 is 1.97 bits per heavy atom. The summed E-state index contributed by atoms with van der Waals surface area (Å²) in [4.78, 5) is 30.5. The van der Waals surface area contributed by atoms with Crippen molar-refractivity contribution in [2.45, 2.75) is 57.9 Å². The Kier molecular flexibility index (Phi) is 7.58. The van der Waals surface area contributed by atoms with Gasteiger partial charge in [-0.3, -0.25) is 4.90 Å². The summed E-state index contributed by atoms with van der Waals surface area (Å²) < 4.78 is 10.7. The molecule has 1 aromatic rings. The van der Waals surface area contributed by atoms with Crippen LogP contribution in [0, 0.1) is 0 Å². The molecule has 2 rings (SSSR count). The van der Waals surface area contributed by atoms with Gasteiger partial charge >= 0.3 is 12.1 Å². The monoisotopic (exact) mass is 407 g/mol. The molecule has 1 aliphatic heterocycles. The molecule has 0 radical (unpaired) electrons. The van der Waals surface area contributed by atoms with Gasteiger partial charge in [-0.2, -0.15) is 0 Å². The van der Waals surface area contributed by atoms with Crippen LogP contribution in [0.1, 0.15) is 45.6 Å². The van der Waals surface area contributed by atoms with Crippen LogP contribution in [0.25, 0.3) is 0 Å². The van der Waals surface area contributed by atoms with E-state index in [-0.39, 0.29) is 13.2 Å². The van der Waals surface area contributed by atoms with Crippen molar-refractivity contribution in [1.29, 1.82) is 0 Å². The molecule has 29 heavy (non-hydrogen) atoms. The van der Waals surface area contributed by atoms with Crippen LogP contribution in [0.15, 0.2) is 29.4 Å². The van der Waals surface area contributed by atoms with E-state index in [1.54, 1.807) is 45.0 Å². The van der Waals surface area contributed by atoms with Crippen molar-refractivity contribution < 1.29 is 29.0 Å². The fraction of sp³-hybridized carbons (Fsp3) is 0.550. The van der Waals surface area contributed by atoms with Crippen LogP contribution in [0.2, 0.25) is 0 Å². The lowest BCUT2D eigenvalue weighted by Gasteiger charge is -2.41. The van der Waals surface area contributed by atoms with Gasteiger partial charge < -0.3 is 25.2 Å². The minimum Gasteiger partial charge on any atom is -0.482 e. The molecule has 0 aromatic heterocycles. The number of nitrogens with two attached hydrogens (primary N) is 1. The van der Waals surface area contributed by atoms with Gasteiger partial charge in [0.15, 0.2) is 6.61 Å². The SMILES string of the molecule is CC(C)(C)OC(=O)N1CCCC[C@@]1(N)/C=N\OC(=O)COc1ccc(CO)cc1. The minimum atomic E-state index is -1.19. The second kappa shape index (κ2) is 9.71. The number of likely N-dealkylation sites (tertiary alicyclic amines) is 1. The maximum Gasteiger partial charge on any atom is 0.412 e. The number of aliphatic hydroxyl groups is 1. The molecule has 160 valence electrons. The Labute approximate surface area is 170 Å². The lowest BCUT2D eigenvalue weighted by atomic mass is 9.97. The number of benzene rings is 1. The van der Waals surface area contributed by atoms with Crippen molar-refractivity contribution in [3.05, 3.63) is 29.8 Å². The lowest BCUT2D eigenvalue weighted by molar-refractivity contribution is -0.146. The molecule has 1 atom stereocenters. The maximum absolute atomic E-state index is 12.5. The highest BCUT2D eigenvalue weighted by Crippen LogP contribution is 2.24. The summed E-state index contributed by atoms with van der Waals surface area (Å²) in [7, 11) is 0. The first-order valence-electron chi connectivity index (χ1n) is 9.49. The number of aliphatic hydroxyl groups excluding tert-OH is 1. The normalized spacial score (nSPS) is 19.8. The van der Waals surface area contributed by atoms with Gasteiger partial charge in [0.2, 0.25) is 0 Å². The van der Waals surface area contributed by atoms with E-state index in [9.17, 15) is 9.59 Å². The van der Waals surface area contributed by atoms with E-state index in [0.717, 1.165) is 18.4 Å². The minimum absolute atomic E-state index is 0.0712. The van der Waals surface area contributed by atoms with Gasteiger partial charge in [0, 0.05) is 6.54 Å². The summed E-state index contributed by atoms with van der Waals surface area (Å²) in [5.41, 5.74) is 5.23. The van der Waals surface area contributed by atoms with E-state index >= 15 is 0 Å². The van der Waals surface area contributed by atoms with E-state index < -0.39 is 23.3 Å². The standard InChI is InChI=1S/C20H29N3O6/c1-19(2,3)28-18(26)23-11-5-4-10-20(23,21)14-22-29-17(25)13-27-16-8-6-15(12-24)7-9-16/h6-9,14,24H,4-5,10-13,21H2,1-3H3/b22-14-/t20-/m0/s1. The number of oxime groups is 1. The van der Waals surface area contributed by atoms with Crippen molar-refractivity contribution in [3.63, 3.8) is 0 Å². The molecular weight excluding hydrogens is 378 g/mol. The van der Waals surface area contributed by atoms with E-state index in [2.05, 4.69) is 5.16 Å². The Morgan fingerprint density at radius 3 is 2.59 bits per heavy atom. The summed E-state index contributed by atoms with van der Waals surface area (Å²) in [5.74, 6) is -0.252. The van der Waals surface area contributed by atoms with Crippen molar-refractivity contribution in [2.75, 3.05) is 13.2 Å². The smallest absolute Gasteiger partial charge is 0.412 e. The van der Waals surface area contributed by atoms with Crippen LogP contribution in [-0.2, 0) is 21.0 Å². The molecule has 0 unspecified atom stereocenters. The number of rotatable bonds is 6. The molecule has 1 aromatic carbocycles. The molecule has 3 N–H and O–H groups in total. The average molecular weight is 407 g/mol. The maximum atomic E-state index is 12.5. The molecule has 0 bridgehead atoms. The van der Waals surface area contributed by atoms with Gasteiger partial charge in [0.25, 0.3) is 0 Å². The van der Waals surface area contributed by atoms with Crippen molar-refractivity contribution in [1.82, 2.24) is 4.90 Å².